The Bertz CT molecular complexity index is 787. The van der Waals surface area contributed by atoms with Crippen LogP contribution in [0, 0.1) is 5.41 Å². The number of hydrogen-bond donors (Lipinski definition) is 3. The highest BCUT2D eigenvalue weighted by molar-refractivity contribution is 7.14. The fourth-order valence-corrected chi connectivity index (χ4v) is 2.54. The van der Waals surface area contributed by atoms with E-state index in [-0.39, 0.29) is 29.2 Å². The Labute approximate surface area is 147 Å². The van der Waals surface area contributed by atoms with Gasteiger partial charge in [-0.15, -0.1) is 11.3 Å². The highest BCUT2D eigenvalue weighted by atomic mass is 32.1. The predicted molar refractivity (Wildman–Crippen MR) is 91.3 cm³/mol. The quantitative estimate of drug-likeness (QED) is 0.672. The van der Waals surface area contributed by atoms with E-state index in [4.69, 9.17) is 5.41 Å². The Kier molecular flexibility index (Phi) is 6.29. The summed E-state index contributed by atoms with van der Waals surface area (Å²) >= 11 is 1.14. The van der Waals surface area contributed by atoms with E-state index in [1.54, 1.807) is 12.3 Å². The van der Waals surface area contributed by atoms with Gasteiger partial charge in [0, 0.05) is 25.0 Å². The summed E-state index contributed by atoms with van der Waals surface area (Å²) in [6.45, 7) is 1.76. The van der Waals surface area contributed by atoms with Crippen molar-refractivity contribution in [3.05, 3.63) is 40.8 Å². The number of hydrogen-bond acceptors (Lipinski definition) is 8. The minimum Gasteiger partial charge on any atom is -0.450 e. The molecule has 2 heterocycles. The van der Waals surface area contributed by atoms with E-state index in [1.165, 1.54) is 18.5 Å². The number of carbonyl (C=O) groups excluding carboxylic acids is 3. The van der Waals surface area contributed by atoms with Crippen LogP contribution in [0.3, 0.4) is 0 Å². The van der Waals surface area contributed by atoms with Crippen molar-refractivity contribution >= 4 is 40.5 Å². The molecule has 0 spiro atoms. The van der Waals surface area contributed by atoms with Crippen LogP contribution < -0.4 is 10.6 Å². The number of carbonyl (C=O) groups is 3. The lowest BCUT2D eigenvalue weighted by Crippen LogP contribution is -2.31. The SMILES string of the molecule is CCOC(=O)NC(=O)c1ccsc1NC(=O)c1cnc(CC=N)nc1. The Morgan fingerprint density at radius 2 is 2.00 bits per heavy atom. The van der Waals surface area contributed by atoms with Crippen LogP contribution in [0.1, 0.15) is 33.5 Å². The Morgan fingerprint density at radius 3 is 2.64 bits per heavy atom. The van der Waals surface area contributed by atoms with Crippen molar-refractivity contribution in [1.82, 2.24) is 15.3 Å². The van der Waals surface area contributed by atoms with E-state index < -0.39 is 17.9 Å². The van der Waals surface area contributed by atoms with Gasteiger partial charge in [0.15, 0.2) is 0 Å². The van der Waals surface area contributed by atoms with Gasteiger partial charge in [-0.3, -0.25) is 14.9 Å². The summed E-state index contributed by atoms with van der Waals surface area (Å²) in [6.07, 6.45) is 3.27. The third-order valence-corrected chi connectivity index (χ3v) is 3.71. The number of imide groups is 1. The number of amides is 3. The molecule has 0 aliphatic rings. The van der Waals surface area contributed by atoms with Gasteiger partial charge < -0.3 is 15.5 Å². The fraction of sp³-hybridized carbons (Fsp3) is 0.200. The summed E-state index contributed by atoms with van der Waals surface area (Å²) in [5.41, 5.74) is 0.353. The topological polar surface area (TPSA) is 134 Å². The number of anilines is 1. The van der Waals surface area contributed by atoms with Crippen molar-refractivity contribution in [2.45, 2.75) is 13.3 Å². The van der Waals surface area contributed by atoms with Gasteiger partial charge in [0.05, 0.1) is 17.7 Å². The van der Waals surface area contributed by atoms with Gasteiger partial charge in [0.1, 0.15) is 10.8 Å². The van der Waals surface area contributed by atoms with Gasteiger partial charge in [0.2, 0.25) is 0 Å². The minimum absolute atomic E-state index is 0.139. The van der Waals surface area contributed by atoms with Crippen molar-refractivity contribution in [3.8, 4) is 0 Å². The summed E-state index contributed by atoms with van der Waals surface area (Å²) in [5.74, 6) is -0.737. The van der Waals surface area contributed by atoms with E-state index in [2.05, 4.69) is 25.3 Å². The minimum atomic E-state index is -0.855. The van der Waals surface area contributed by atoms with E-state index in [0.29, 0.717) is 5.82 Å². The van der Waals surface area contributed by atoms with E-state index in [0.717, 1.165) is 17.6 Å². The van der Waals surface area contributed by atoms with Crippen LogP contribution in [0.2, 0.25) is 0 Å². The van der Waals surface area contributed by atoms with Crippen LogP contribution in [0.15, 0.2) is 23.8 Å². The van der Waals surface area contributed by atoms with Crippen LogP contribution >= 0.6 is 11.3 Å². The van der Waals surface area contributed by atoms with Crippen molar-refractivity contribution < 1.29 is 19.1 Å². The molecule has 2 aromatic rings. The third-order valence-electron chi connectivity index (χ3n) is 2.88. The highest BCUT2D eigenvalue weighted by Crippen LogP contribution is 2.23. The van der Waals surface area contributed by atoms with Gasteiger partial charge in [-0.2, -0.15) is 0 Å². The van der Waals surface area contributed by atoms with Gasteiger partial charge in [-0.05, 0) is 18.4 Å². The van der Waals surface area contributed by atoms with Gasteiger partial charge >= 0.3 is 6.09 Å². The third kappa shape index (κ3) is 4.91. The first-order valence-corrected chi connectivity index (χ1v) is 8.10. The molecule has 0 unspecified atom stereocenters. The lowest BCUT2D eigenvalue weighted by Gasteiger charge is -2.07. The molecule has 0 bridgehead atoms. The van der Waals surface area contributed by atoms with Crippen LogP contribution in [0.25, 0.3) is 0 Å². The van der Waals surface area contributed by atoms with Crippen molar-refractivity contribution in [1.29, 1.82) is 5.41 Å². The first-order chi connectivity index (χ1) is 12.0. The maximum atomic E-state index is 12.2. The molecule has 3 amide bonds. The number of nitrogens with zero attached hydrogens (tertiary/aromatic N) is 2. The summed E-state index contributed by atoms with van der Waals surface area (Å²) in [5, 5.41) is 13.5. The molecule has 0 aliphatic heterocycles. The molecule has 0 fully saturated rings. The zero-order valence-electron chi connectivity index (χ0n) is 13.2. The number of alkyl carbamates (subject to hydrolysis) is 1. The van der Waals surface area contributed by atoms with Gasteiger partial charge in [-0.25, -0.2) is 14.8 Å². The largest absolute Gasteiger partial charge is 0.450 e. The smallest absolute Gasteiger partial charge is 0.414 e. The Balaban J connectivity index is 2.06. The summed E-state index contributed by atoms with van der Waals surface area (Å²) < 4.78 is 4.64. The maximum Gasteiger partial charge on any atom is 0.414 e. The Morgan fingerprint density at radius 1 is 1.28 bits per heavy atom. The van der Waals surface area contributed by atoms with Crippen molar-refractivity contribution in [3.63, 3.8) is 0 Å². The summed E-state index contributed by atoms with van der Waals surface area (Å²) in [7, 11) is 0. The molecular formula is C15H15N5O4S. The second-order valence-electron chi connectivity index (χ2n) is 4.59. The number of nitrogens with one attached hydrogen (secondary N) is 3. The molecular weight excluding hydrogens is 346 g/mol. The lowest BCUT2D eigenvalue weighted by atomic mass is 10.2. The zero-order chi connectivity index (χ0) is 18.2. The maximum absolute atomic E-state index is 12.2. The second-order valence-corrected chi connectivity index (χ2v) is 5.50. The van der Waals surface area contributed by atoms with Crippen molar-refractivity contribution in [2.75, 3.05) is 11.9 Å². The predicted octanol–water partition coefficient (Wildman–Crippen LogP) is 1.87. The van der Waals surface area contributed by atoms with Crippen LogP contribution in [0.4, 0.5) is 9.80 Å². The summed E-state index contributed by atoms with van der Waals surface area (Å²) in [4.78, 5) is 43.5. The molecule has 0 saturated carbocycles. The Hall–Kier alpha value is -3.14. The molecule has 9 nitrogen and oxygen atoms in total. The average Bonchev–Trinajstić information content (AvgIpc) is 3.04. The molecule has 3 N–H and O–H groups in total. The number of aromatic nitrogens is 2. The normalized spacial score (nSPS) is 9.96. The molecule has 0 saturated heterocycles. The molecule has 0 aromatic carbocycles. The first kappa shape index (κ1) is 18.2. The van der Waals surface area contributed by atoms with E-state index in [9.17, 15) is 14.4 Å². The van der Waals surface area contributed by atoms with Crippen molar-refractivity contribution in [2.24, 2.45) is 0 Å². The summed E-state index contributed by atoms with van der Waals surface area (Å²) in [6, 6.07) is 1.48. The second kappa shape index (κ2) is 8.64. The monoisotopic (exact) mass is 361 g/mol. The molecule has 0 aliphatic carbocycles. The fourth-order valence-electron chi connectivity index (χ4n) is 1.76. The van der Waals surface area contributed by atoms with Crippen LogP contribution in [-0.4, -0.2) is 40.7 Å². The lowest BCUT2D eigenvalue weighted by molar-refractivity contribution is 0.0926. The molecule has 25 heavy (non-hydrogen) atoms. The first-order valence-electron chi connectivity index (χ1n) is 7.22. The standard InChI is InChI=1S/C15H15N5O4S/c1-2-24-15(23)20-13(22)10-4-6-25-14(10)19-12(21)9-7-17-11(3-5-16)18-8-9/h4-8,16H,2-3H2,1H3,(H,19,21)(H,20,22,23). The van der Waals surface area contributed by atoms with Crippen LogP contribution in [0.5, 0.6) is 0 Å². The molecule has 0 radical (unpaired) electrons. The molecule has 2 rings (SSSR count). The van der Waals surface area contributed by atoms with Gasteiger partial charge in [-0.1, -0.05) is 0 Å². The number of ether oxygens (including phenoxy) is 1. The molecule has 0 atom stereocenters. The average molecular weight is 361 g/mol. The molecule has 2 aromatic heterocycles. The van der Waals surface area contributed by atoms with Gasteiger partial charge in [0.25, 0.3) is 11.8 Å². The number of thiophene rings is 1. The van der Waals surface area contributed by atoms with E-state index in [1.807, 2.05) is 0 Å². The number of rotatable bonds is 6. The molecule has 10 heteroatoms. The van der Waals surface area contributed by atoms with E-state index >= 15 is 0 Å². The molecule has 130 valence electrons. The van der Waals surface area contributed by atoms with Crippen LogP contribution in [-0.2, 0) is 11.2 Å². The highest BCUT2D eigenvalue weighted by Gasteiger charge is 2.18. The zero-order valence-corrected chi connectivity index (χ0v) is 14.1.